The van der Waals surface area contributed by atoms with E-state index >= 15 is 0 Å². The molecule has 0 saturated carbocycles. The Bertz CT molecular complexity index is 227. The lowest BCUT2D eigenvalue weighted by atomic mass is 10.4. The van der Waals surface area contributed by atoms with Gasteiger partial charge in [-0.2, -0.15) is 5.10 Å². The molecule has 0 unspecified atom stereocenters. The van der Waals surface area contributed by atoms with E-state index in [-0.39, 0.29) is 0 Å². The zero-order chi connectivity index (χ0) is 8.10. The summed E-state index contributed by atoms with van der Waals surface area (Å²) in [6, 6.07) is 2.00. The van der Waals surface area contributed by atoms with Gasteiger partial charge in [0.05, 0.1) is 5.69 Å². The molecule has 1 aromatic heterocycles. The summed E-state index contributed by atoms with van der Waals surface area (Å²) in [5, 5.41) is 7.37. The lowest BCUT2D eigenvalue weighted by molar-refractivity contribution is 0.693. The molecule has 0 radical (unpaired) electrons. The molecule has 0 saturated heterocycles. The Morgan fingerprint density at radius 1 is 1.82 bits per heavy atom. The van der Waals surface area contributed by atoms with E-state index in [0.29, 0.717) is 0 Å². The van der Waals surface area contributed by atoms with Crippen LogP contribution in [0.5, 0.6) is 0 Å². The topological polar surface area (TPSA) is 29.9 Å². The summed E-state index contributed by atoms with van der Waals surface area (Å²) in [7, 11) is 1.91. The molecule has 0 aromatic carbocycles. The van der Waals surface area contributed by atoms with Gasteiger partial charge in [-0.3, -0.25) is 4.68 Å². The number of nitrogens with one attached hydrogen (secondary N) is 1. The van der Waals surface area contributed by atoms with Crippen LogP contribution in [0.25, 0.3) is 0 Å². The lowest BCUT2D eigenvalue weighted by Crippen LogP contribution is -2.13. The van der Waals surface area contributed by atoms with Crippen molar-refractivity contribution >= 4 is 0 Å². The number of hydrogen-bond acceptors (Lipinski definition) is 2. The van der Waals surface area contributed by atoms with Crippen molar-refractivity contribution < 1.29 is 0 Å². The lowest BCUT2D eigenvalue weighted by Gasteiger charge is -1.95. The molecule has 1 aromatic rings. The van der Waals surface area contributed by atoms with Crippen molar-refractivity contribution in [1.82, 2.24) is 15.1 Å². The van der Waals surface area contributed by atoms with E-state index in [4.69, 9.17) is 0 Å². The fourth-order valence-electron chi connectivity index (χ4n) is 0.860. The first-order chi connectivity index (χ1) is 5.33. The highest BCUT2D eigenvalue weighted by Crippen LogP contribution is 1.91. The van der Waals surface area contributed by atoms with E-state index in [1.165, 1.54) is 0 Å². The molecule has 0 fully saturated rings. The number of rotatable bonds is 4. The van der Waals surface area contributed by atoms with Gasteiger partial charge in [-0.25, -0.2) is 0 Å². The third-order valence-corrected chi connectivity index (χ3v) is 1.36. The fourth-order valence-corrected chi connectivity index (χ4v) is 0.860. The van der Waals surface area contributed by atoms with E-state index in [2.05, 4.69) is 17.0 Å². The van der Waals surface area contributed by atoms with Crippen molar-refractivity contribution in [3.63, 3.8) is 0 Å². The van der Waals surface area contributed by atoms with Crippen LogP contribution >= 0.6 is 0 Å². The molecule has 3 heteroatoms. The van der Waals surface area contributed by atoms with Crippen LogP contribution in [-0.2, 0) is 13.6 Å². The van der Waals surface area contributed by atoms with Gasteiger partial charge in [0.15, 0.2) is 0 Å². The van der Waals surface area contributed by atoms with E-state index in [0.717, 1.165) is 18.8 Å². The molecule has 0 atom stereocenters. The first-order valence-electron chi connectivity index (χ1n) is 3.63. The van der Waals surface area contributed by atoms with Crippen LogP contribution in [-0.4, -0.2) is 16.3 Å². The molecule has 11 heavy (non-hydrogen) atoms. The molecule has 0 spiro atoms. The van der Waals surface area contributed by atoms with Crippen molar-refractivity contribution in [1.29, 1.82) is 0 Å². The molecule has 0 bridgehead atoms. The molecule has 1 N–H and O–H groups in total. The second kappa shape index (κ2) is 3.93. The average Bonchev–Trinajstić information content (AvgIpc) is 2.37. The van der Waals surface area contributed by atoms with Gasteiger partial charge in [-0.05, 0) is 6.07 Å². The van der Waals surface area contributed by atoms with Crippen LogP contribution in [0.2, 0.25) is 0 Å². The summed E-state index contributed by atoms with van der Waals surface area (Å²) in [5.74, 6) is 0. The number of aromatic nitrogens is 2. The highest BCUT2D eigenvalue weighted by molar-refractivity contribution is 4.98. The van der Waals surface area contributed by atoms with Gasteiger partial charge >= 0.3 is 0 Å². The van der Waals surface area contributed by atoms with Crippen LogP contribution in [0.1, 0.15) is 5.69 Å². The Balaban J connectivity index is 2.32. The molecular weight excluding hydrogens is 138 g/mol. The smallest absolute Gasteiger partial charge is 0.0762 e. The highest BCUT2D eigenvalue weighted by atomic mass is 15.3. The maximum Gasteiger partial charge on any atom is 0.0762 e. The Morgan fingerprint density at radius 3 is 3.18 bits per heavy atom. The Hall–Kier alpha value is -1.09. The minimum absolute atomic E-state index is 0.812. The van der Waals surface area contributed by atoms with E-state index < -0.39 is 0 Å². The maximum atomic E-state index is 4.20. The average molecular weight is 151 g/mol. The SMILES string of the molecule is C=CCNCc1ccn(C)n1. The normalized spacial score (nSPS) is 9.91. The minimum Gasteiger partial charge on any atom is -0.308 e. The standard InChI is InChI=1S/C8H13N3/c1-3-5-9-7-8-4-6-11(2)10-8/h3-4,6,9H,1,5,7H2,2H3. The molecular formula is C8H13N3. The van der Waals surface area contributed by atoms with Crippen molar-refractivity contribution in [2.24, 2.45) is 7.05 Å². The van der Waals surface area contributed by atoms with Crippen molar-refractivity contribution in [3.8, 4) is 0 Å². The van der Waals surface area contributed by atoms with Crippen molar-refractivity contribution in [2.75, 3.05) is 6.54 Å². The molecule has 0 aliphatic heterocycles. The molecule has 1 rings (SSSR count). The first-order valence-corrected chi connectivity index (χ1v) is 3.63. The van der Waals surface area contributed by atoms with Gasteiger partial charge < -0.3 is 5.32 Å². The molecule has 0 aliphatic carbocycles. The van der Waals surface area contributed by atoms with Gasteiger partial charge in [0.25, 0.3) is 0 Å². The fraction of sp³-hybridized carbons (Fsp3) is 0.375. The Labute approximate surface area is 66.7 Å². The summed E-state index contributed by atoms with van der Waals surface area (Å²) in [6.07, 6.45) is 3.77. The van der Waals surface area contributed by atoms with Gasteiger partial charge in [0.2, 0.25) is 0 Å². The van der Waals surface area contributed by atoms with Gasteiger partial charge in [0, 0.05) is 26.3 Å². The van der Waals surface area contributed by atoms with Gasteiger partial charge in [0.1, 0.15) is 0 Å². The van der Waals surface area contributed by atoms with Gasteiger partial charge in [-0.1, -0.05) is 6.08 Å². The minimum atomic E-state index is 0.812. The van der Waals surface area contributed by atoms with E-state index in [1.807, 2.05) is 25.4 Å². The second-order valence-corrected chi connectivity index (χ2v) is 2.40. The molecule has 0 amide bonds. The molecule has 0 aliphatic rings. The number of hydrogen-bond donors (Lipinski definition) is 1. The molecule has 3 nitrogen and oxygen atoms in total. The summed E-state index contributed by atoms with van der Waals surface area (Å²) in [5.41, 5.74) is 1.06. The number of aryl methyl sites for hydroxylation is 1. The quantitative estimate of drug-likeness (QED) is 0.507. The Morgan fingerprint density at radius 2 is 2.64 bits per heavy atom. The second-order valence-electron chi connectivity index (χ2n) is 2.40. The first kappa shape index (κ1) is 8.01. The third kappa shape index (κ3) is 2.55. The van der Waals surface area contributed by atoms with Gasteiger partial charge in [-0.15, -0.1) is 6.58 Å². The van der Waals surface area contributed by atoms with Crippen molar-refractivity contribution in [2.45, 2.75) is 6.54 Å². The van der Waals surface area contributed by atoms with E-state index in [1.54, 1.807) is 4.68 Å². The predicted octanol–water partition coefficient (Wildman–Crippen LogP) is 0.696. The summed E-state index contributed by atoms with van der Waals surface area (Å²) in [4.78, 5) is 0. The zero-order valence-corrected chi connectivity index (χ0v) is 6.75. The summed E-state index contributed by atoms with van der Waals surface area (Å²) in [6.45, 7) is 5.25. The van der Waals surface area contributed by atoms with Crippen molar-refractivity contribution in [3.05, 3.63) is 30.6 Å². The zero-order valence-electron chi connectivity index (χ0n) is 6.75. The monoisotopic (exact) mass is 151 g/mol. The van der Waals surface area contributed by atoms with Crippen LogP contribution in [0.3, 0.4) is 0 Å². The molecule has 1 heterocycles. The third-order valence-electron chi connectivity index (χ3n) is 1.36. The largest absolute Gasteiger partial charge is 0.308 e. The molecule has 60 valence electrons. The maximum absolute atomic E-state index is 4.20. The van der Waals surface area contributed by atoms with E-state index in [9.17, 15) is 0 Å². The number of nitrogens with zero attached hydrogens (tertiary/aromatic N) is 2. The van der Waals surface area contributed by atoms with Crippen LogP contribution in [0, 0.1) is 0 Å². The summed E-state index contributed by atoms with van der Waals surface area (Å²) < 4.78 is 1.80. The Kier molecular flexibility index (Phi) is 2.86. The predicted molar refractivity (Wildman–Crippen MR) is 45.1 cm³/mol. The van der Waals surface area contributed by atoms with Crippen LogP contribution < -0.4 is 5.32 Å². The van der Waals surface area contributed by atoms with Crippen LogP contribution in [0.4, 0.5) is 0 Å². The highest BCUT2D eigenvalue weighted by Gasteiger charge is 1.92. The van der Waals surface area contributed by atoms with Crippen LogP contribution in [0.15, 0.2) is 24.9 Å². The summed E-state index contributed by atoms with van der Waals surface area (Å²) >= 11 is 0.